The highest BCUT2D eigenvalue weighted by molar-refractivity contribution is 6.78. The van der Waals surface area contributed by atoms with Crippen LogP contribution in [0.15, 0.2) is 18.2 Å². The molecule has 0 radical (unpaired) electrons. The van der Waals surface area contributed by atoms with Crippen molar-refractivity contribution in [2.75, 3.05) is 0 Å². The maximum absolute atomic E-state index is 10.2. The van der Waals surface area contributed by atoms with E-state index in [1.165, 1.54) is 0 Å². The van der Waals surface area contributed by atoms with Gasteiger partial charge in [0.05, 0.1) is 0 Å². The van der Waals surface area contributed by atoms with Gasteiger partial charge in [-0.15, -0.1) is 0 Å². The lowest BCUT2D eigenvalue weighted by Crippen LogP contribution is -2.28. The standard InChI is InChI=1S/C11H13BN2O/c1-12(9-13)11-7-4-6-10(14-11)5-2-3-8-15/h4,6-8H,2-3,5H2,1H3. The normalized spacial score (nSPS) is 9.33. The third kappa shape index (κ3) is 3.55. The molecule has 0 aliphatic heterocycles. The maximum atomic E-state index is 10.2. The van der Waals surface area contributed by atoms with E-state index in [4.69, 9.17) is 5.26 Å². The number of carbonyl (C=O) groups is 1. The van der Waals surface area contributed by atoms with E-state index in [0.29, 0.717) is 6.42 Å². The molecule has 0 saturated carbocycles. The Morgan fingerprint density at radius 2 is 2.40 bits per heavy atom. The van der Waals surface area contributed by atoms with Crippen LogP contribution in [-0.4, -0.2) is 18.0 Å². The van der Waals surface area contributed by atoms with Gasteiger partial charge in [0, 0.05) is 23.7 Å². The van der Waals surface area contributed by atoms with Crippen molar-refractivity contribution in [3.05, 3.63) is 23.9 Å². The lowest BCUT2D eigenvalue weighted by molar-refractivity contribution is -0.107. The second kappa shape index (κ2) is 5.97. The number of aldehydes is 1. The maximum Gasteiger partial charge on any atom is 0.318 e. The van der Waals surface area contributed by atoms with Crippen LogP contribution < -0.4 is 5.59 Å². The van der Waals surface area contributed by atoms with Crippen molar-refractivity contribution >= 4 is 18.6 Å². The first-order valence-electron chi connectivity index (χ1n) is 5.07. The van der Waals surface area contributed by atoms with E-state index in [1.54, 1.807) is 0 Å². The summed E-state index contributed by atoms with van der Waals surface area (Å²) in [5, 5.41) is 8.76. The molecule has 76 valence electrons. The lowest BCUT2D eigenvalue weighted by atomic mass is 9.51. The van der Waals surface area contributed by atoms with E-state index in [1.807, 2.05) is 25.0 Å². The van der Waals surface area contributed by atoms with Crippen molar-refractivity contribution < 1.29 is 4.79 Å². The van der Waals surface area contributed by atoms with E-state index in [-0.39, 0.29) is 6.71 Å². The Labute approximate surface area is 90.2 Å². The Morgan fingerprint density at radius 3 is 3.07 bits per heavy atom. The smallest absolute Gasteiger partial charge is 0.303 e. The van der Waals surface area contributed by atoms with Crippen LogP contribution >= 0.6 is 0 Å². The zero-order valence-corrected chi connectivity index (χ0v) is 8.81. The van der Waals surface area contributed by atoms with Crippen molar-refractivity contribution in [2.45, 2.75) is 26.1 Å². The van der Waals surface area contributed by atoms with Crippen LogP contribution in [0.1, 0.15) is 18.5 Å². The molecule has 15 heavy (non-hydrogen) atoms. The van der Waals surface area contributed by atoms with Gasteiger partial charge in [0.2, 0.25) is 0 Å². The van der Waals surface area contributed by atoms with Gasteiger partial charge >= 0.3 is 6.71 Å². The number of hydrogen-bond donors (Lipinski definition) is 0. The summed E-state index contributed by atoms with van der Waals surface area (Å²) in [6, 6.07) is 5.70. The summed E-state index contributed by atoms with van der Waals surface area (Å²) in [5.41, 5.74) is 1.76. The molecule has 0 N–H and O–H groups in total. The third-order valence-electron chi connectivity index (χ3n) is 2.22. The van der Waals surface area contributed by atoms with Gasteiger partial charge in [-0.3, -0.25) is 4.98 Å². The van der Waals surface area contributed by atoms with Crippen molar-refractivity contribution in [3.8, 4) is 5.97 Å². The zero-order chi connectivity index (χ0) is 11.1. The lowest BCUT2D eigenvalue weighted by Gasteiger charge is -2.02. The number of hydrogen-bond acceptors (Lipinski definition) is 3. The van der Waals surface area contributed by atoms with Gasteiger partial charge in [-0.2, -0.15) is 0 Å². The quantitative estimate of drug-likeness (QED) is 0.404. The van der Waals surface area contributed by atoms with Gasteiger partial charge in [0.1, 0.15) is 6.29 Å². The molecule has 0 fully saturated rings. The Bertz CT molecular complexity index is 373. The monoisotopic (exact) mass is 200 g/mol. The number of nitriles is 1. The first-order valence-corrected chi connectivity index (χ1v) is 5.07. The summed E-state index contributed by atoms with van der Waals surface area (Å²) in [6.07, 6.45) is 3.10. The summed E-state index contributed by atoms with van der Waals surface area (Å²) in [7, 11) is 0. The number of pyridine rings is 1. The molecule has 0 atom stereocenters. The molecular formula is C11H13BN2O. The number of unbranched alkanes of at least 4 members (excludes halogenated alkanes) is 1. The molecule has 0 aromatic carbocycles. The van der Waals surface area contributed by atoms with Crippen molar-refractivity contribution in [3.63, 3.8) is 0 Å². The van der Waals surface area contributed by atoms with Crippen molar-refractivity contribution in [1.82, 2.24) is 4.98 Å². The van der Waals surface area contributed by atoms with Crippen LogP contribution in [0.25, 0.3) is 0 Å². The third-order valence-corrected chi connectivity index (χ3v) is 2.22. The molecule has 0 amide bonds. The highest BCUT2D eigenvalue weighted by Crippen LogP contribution is 1.99. The second-order valence-corrected chi connectivity index (χ2v) is 3.46. The van der Waals surface area contributed by atoms with Crippen LogP contribution in [0.4, 0.5) is 0 Å². The van der Waals surface area contributed by atoms with Crippen molar-refractivity contribution in [2.24, 2.45) is 0 Å². The second-order valence-electron chi connectivity index (χ2n) is 3.46. The molecule has 0 spiro atoms. The molecule has 0 saturated heterocycles. The number of carbonyl (C=O) groups excluding carboxylic acids is 1. The highest BCUT2D eigenvalue weighted by Gasteiger charge is 2.10. The minimum Gasteiger partial charge on any atom is -0.303 e. The highest BCUT2D eigenvalue weighted by atomic mass is 16.1. The summed E-state index contributed by atoms with van der Waals surface area (Å²) < 4.78 is 0. The fraction of sp³-hybridized carbons (Fsp3) is 0.364. The number of aromatic nitrogens is 1. The average molecular weight is 200 g/mol. The number of nitrogens with zero attached hydrogens (tertiary/aromatic N) is 2. The predicted octanol–water partition coefficient (Wildman–Crippen LogP) is 0.998. The van der Waals surface area contributed by atoms with E-state index >= 15 is 0 Å². The molecule has 1 aromatic heterocycles. The first kappa shape index (κ1) is 11.4. The molecule has 0 aliphatic carbocycles. The molecule has 1 rings (SSSR count). The topological polar surface area (TPSA) is 53.8 Å². The Balaban J connectivity index is 2.66. The van der Waals surface area contributed by atoms with E-state index in [9.17, 15) is 4.79 Å². The molecule has 0 aliphatic rings. The minimum atomic E-state index is -0.170. The van der Waals surface area contributed by atoms with Gasteiger partial charge < -0.3 is 4.79 Å². The molecule has 0 unspecified atom stereocenters. The van der Waals surface area contributed by atoms with Crippen LogP contribution in [-0.2, 0) is 11.2 Å². The van der Waals surface area contributed by atoms with Gasteiger partial charge in [0.15, 0.2) is 0 Å². The Kier molecular flexibility index (Phi) is 4.56. The van der Waals surface area contributed by atoms with Crippen LogP contribution in [0.3, 0.4) is 0 Å². The summed E-state index contributed by atoms with van der Waals surface area (Å²) in [6.45, 7) is 1.66. The molecule has 1 heterocycles. The minimum absolute atomic E-state index is 0.170. The SMILES string of the molecule is CB(C#N)c1cccc(CCCC=O)n1. The number of rotatable bonds is 5. The molecule has 3 nitrogen and oxygen atoms in total. The largest absolute Gasteiger partial charge is 0.318 e. The van der Waals surface area contributed by atoms with Crippen molar-refractivity contribution in [1.29, 1.82) is 5.26 Å². The Morgan fingerprint density at radius 1 is 1.60 bits per heavy atom. The van der Waals surface area contributed by atoms with E-state index < -0.39 is 0 Å². The van der Waals surface area contributed by atoms with Gasteiger partial charge in [-0.1, -0.05) is 12.9 Å². The average Bonchev–Trinajstić information content (AvgIpc) is 2.29. The van der Waals surface area contributed by atoms with Gasteiger partial charge in [-0.25, -0.2) is 5.26 Å². The van der Waals surface area contributed by atoms with Crippen LogP contribution in [0.2, 0.25) is 6.82 Å². The number of aryl methyl sites for hydroxylation is 1. The van der Waals surface area contributed by atoms with Gasteiger partial charge in [-0.05, 0) is 25.0 Å². The molecule has 4 heteroatoms. The molecular weight excluding hydrogens is 187 g/mol. The van der Waals surface area contributed by atoms with Crippen LogP contribution in [0.5, 0.6) is 0 Å². The fourth-order valence-electron chi connectivity index (χ4n) is 1.31. The Hall–Kier alpha value is -1.63. The predicted molar refractivity (Wildman–Crippen MR) is 60.1 cm³/mol. The zero-order valence-electron chi connectivity index (χ0n) is 8.81. The van der Waals surface area contributed by atoms with Crippen LogP contribution in [0, 0.1) is 11.2 Å². The van der Waals surface area contributed by atoms with Gasteiger partial charge in [0.25, 0.3) is 0 Å². The molecule has 1 aromatic rings. The fourth-order valence-corrected chi connectivity index (χ4v) is 1.31. The first-order chi connectivity index (χ1) is 7.27. The van der Waals surface area contributed by atoms with E-state index in [0.717, 1.165) is 30.4 Å². The summed E-state index contributed by atoms with van der Waals surface area (Å²) in [4.78, 5) is 14.5. The molecule has 0 bridgehead atoms. The summed E-state index contributed by atoms with van der Waals surface area (Å²) >= 11 is 0. The summed E-state index contributed by atoms with van der Waals surface area (Å²) in [5.74, 6) is 2.16. The van der Waals surface area contributed by atoms with E-state index in [2.05, 4.69) is 11.0 Å².